The van der Waals surface area contributed by atoms with Crippen molar-refractivity contribution in [1.29, 1.82) is 0 Å². The zero-order chi connectivity index (χ0) is 15.5. The molecule has 21 heavy (non-hydrogen) atoms. The second-order valence-corrected chi connectivity index (χ2v) is 5.51. The summed E-state index contributed by atoms with van der Waals surface area (Å²) in [5.41, 5.74) is 1.64. The molecule has 2 rings (SSSR count). The van der Waals surface area contributed by atoms with Crippen LogP contribution in [0, 0.1) is 0 Å². The molecule has 0 saturated carbocycles. The molecule has 8 heteroatoms. The number of aromatic nitrogens is 3. The largest absolute Gasteiger partial charge is 0.573 e. The molecule has 1 aromatic heterocycles. The Morgan fingerprint density at radius 3 is 2.52 bits per heavy atom. The van der Waals surface area contributed by atoms with Crippen LogP contribution in [0.15, 0.2) is 30.5 Å². The Bertz CT molecular complexity index is 583. The molecule has 0 aliphatic rings. The maximum atomic E-state index is 12.1. The van der Waals surface area contributed by atoms with E-state index in [1.165, 1.54) is 12.1 Å². The van der Waals surface area contributed by atoms with Gasteiger partial charge in [0.1, 0.15) is 5.75 Å². The molecule has 0 bridgehead atoms. The zero-order valence-corrected chi connectivity index (χ0v) is 12.7. The van der Waals surface area contributed by atoms with Crippen molar-refractivity contribution in [2.24, 2.45) is 0 Å². The molecule has 0 fully saturated rings. The van der Waals surface area contributed by atoms with Crippen LogP contribution in [0.5, 0.6) is 5.75 Å². The highest BCUT2D eigenvalue weighted by atomic mass is 79.9. The Morgan fingerprint density at radius 1 is 1.29 bits per heavy atom. The average Bonchev–Trinajstić information content (AvgIpc) is 2.87. The lowest BCUT2D eigenvalue weighted by molar-refractivity contribution is -0.274. The maximum absolute atomic E-state index is 12.1. The third-order valence-corrected chi connectivity index (χ3v) is 3.85. The predicted octanol–water partition coefficient (Wildman–Crippen LogP) is 4.07. The summed E-state index contributed by atoms with van der Waals surface area (Å²) in [7, 11) is 0. The summed E-state index contributed by atoms with van der Waals surface area (Å²) in [6.45, 7) is 2.46. The first kappa shape index (κ1) is 15.8. The fourth-order valence-electron chi connectivity index (χ4n) is 1.73. The quantitative estimate of drug-likeness (QED) is 0.751. The van der Waals surface area contributed by atoms with Gasteiger partial charge in [-0.2, -0.15) is 0 Å². The summed E-state index contributed by atoms with van der Waals surface area (Å²) < 4.78 is 41.6. The molecule has 1 aromatic carbocycles. The van der Waals surface area contributed by atoms with Gasteiger partial charge in [0.15, 0.2) is 0 Å². The molecule has 1 atom stereocenters. The Morgan fingerprint density at radius 2 is 1.95 bits per heavy atom. The fraction of sp³-hybridized carbons (Fsp3) is 0.385. The number of ether oxygens (including phenoxy) is 1. The SMILES string of the molecule is CCC(Br)c1cn(Cc2ccc(OC(F)(F)F)cc2)nn1. The van der Waals surface area contributed by atoms with Crippen LogP contribution in [0.4, 0.5) is 13.2 Å². The molecule has 1 unspecified atom stereocenters. The van der Waals surface area contributed by atoms with E-state index < -0.39 is 6.36 Å². The average molecular weight is 364 g/mol. The van der Waals surface area contributed by atoms with Gasteiger partial charge in [0.25, 0.3) is 0 Å². The summed E-state index contributed by atoms with van der Waals surface area (Å²) in [6.07, 6.45) is -1.97. The molecule has 0 aliphatic heterocycles. The molecule has 0 spiro atoms. The van der Waals surface area contributed by atoms with Gasteiger partial charge in [-0.25, -0.2) is 4.68 Å². The standard InChI is InChI=1S/C13H13BrF3N3O/c1-2-11(14)12-8-20(19-18-12)7-9-3-5-10(6-4-9)21-13(15,16)17/h3-6,8,11H,2,7H2,1H3. The number of rotatable bonds is 5. The van der Waals surface area contributed by atoms with Crippen LogP contribution < -0.4 is 4.74 Å². The topological polar surface area (TPSA) is 39.9 Å². The van der Waals surface area contributed by atoms with Crippen LogP contribution in [-0.4, -0.2) is 21.4 Å². The van der Waals surface area contributed by atoms with Crippen LogP contribution in [0.3, 0.4) is 0 Å². The van der Waals surface area contributed by atoms with Crippen molar-refractivity contribution < 1.29 is 17.9 Å². The highest BCUT2D eigenvalue weighted by Gasteiger charge is 2.30. The number of hydrogen-bond acceptors (Lipinski definition) is 3. The monoisotopic (exact) mass is 363 g/mol. The normalized spacial score (nSPS) is 13.2. The molecule has 0 radical (unpaired) electrons. The van der Waals surface area contributed by atoms with Crippen molar-refractivity contribution in [2.75, 3.05) is 0 Å². The van der Waals surface area contributed by atoms with Gasteiger partial charge >= 0.3 is 6.36 Å². The minimum atomic E-state index is -4.67. The first-order valence-electron chi connectivity index (χ1n) is 6.26. The minimum Gasteiger partial charge on any atom is -0.406 e. The third kappa shape index (κ3) is 4.73. The molecule has 0 saturated heterocycles. The maximum Gasteiger partial charge on any atom is 0.573 e. The molecule has 114 valence electrons. The third-order valence-electron chi connectivity index (χ3n) is 2.74. The molecular formula is C13H13BrF3N3O. The van der Waals surface area contributed by atoms with Gasteiger partial charge in [-0.3, -0.25) is 0 Å². The predicted molar refractivity (Wildman–Crippen MR) is 74.2 cm³/mol. The van der Waals surface area contributed by atoms with E-state index in [9.17, 15) is 13.2 Å². The Hall–Kier alpha value is -1.57. The van der Waals surface area contributed by atoms with Crippen LogP contribution in [0.1, 0.15) is 29.4 Å². The second-order valence-electron chi connectivity index (χ2n) is 4.41. The molecule has 1 heterocycles. The van der Waals surface area contributed by atoms with Crippen LogP contribution >= 0.6 is 15.9 Å². The van der Waals surface area contributed by atoms with Crippen molar-refractivity contribution in [1.82, 2.24) is 15.0 Å². The van der Waals surface area contributed by atoms with E-state index in [-0.39, 0.29) is 10.6 Å². The van der Waals surface area contributed by atoms with Gasteiger partial charge in [-0.15, -0.1) is 18.3 Å². The van der Waals surface area contributed by atoms with E-state index in [4.69, 9.17) is 0 Å². The Balaban J connectivity index is 2.01. The van der Waals surface area contributed by atoms with Gasteiger partial charge in [-0.1, -0.05) is 40.2 Å². The van der Waals surface area contributed by atoms with Crippen LogP contribution in [-0.2, 0) is 6.54 Å². The van der Waals surface area contributed by atoms with Gasteiger partial charge in [0.2, 0.25) is 0 Å². The van der Waals surface area contributed by atoms with Crippen molar-refractivity contribution in [3.05, 3.63) is 41.7 Å². The second kappa shape index (κ2) is 6.46. The molecule has 0 N–H and O–H groups in total. The van der Waals surface area contributed by atoms with Crippen molar-refractivity contribution >= 4 is 15.9 Å². The summed E-state index contributed by atoms with van der Waals surface area (Å²) in [5, 5.41) is 8.03. The summed E-state index contributed by atoms with van der Waals surface area (Å²) >= 11 is 3.48. The highest BCUT2D eigenvalue weighted by Crippen LogP contribution is 2.24. The summed E-state index contributed by atoms with van der Waals surface area (Å²) in [4.78, 5) is 0.147. The van der Waals surface area contributed by atoms with Gasteiger partial charge in [0, 0.05) is 6.20 Å². The van der Waals surface area contributed by atoms with Gasteiger partial charge in [0.05, 0.1) is 17.1 Å². The van der Waals surface area contributed by atoms with E-state index in [1.807, 2.05) is 13.1 Å². The van der Waals surface area contributed by atoms with E-state index in [0.29, 0.717) is 6.54 Å². The van der Waals surface area contributed by atoms with E-state index in [1.54, 1.807) is 16.8 Å². The number of alkyl halides is 4. The van der Waals surface area contributed by atoms with Crippen LogP contribution in [0.2, 0.25) is 0 Å². The van der Waals surface area contributed by atoms with Crippen molar-refractivity contribution in [2.45, 2.75) is 31.1 Å². The number of nitrogens with zero attached hydrogens (tertiary/aromatic N) is 3. The molecule has 0 amide bonds. The lowest BCUT2D eigenvalue weighted by Crippen LogP contribution is -2.17. The molecule has 0 aliphatic carbocycles. The number of halogens is 4. The zero-order valence-electron chi connectivity index (χ0n) is 11.1. The number of hydrogen-bond donors (Lipinski definition) is 0. The highest BCUT2D eigenvalue weighted by molar-refractivity contribution is 9.09. The first-order chi connectivity index (χ1) is 9.87. The van der Waals surface area contributed by atoms with E-state index in [0.717, 1.165) is 17.7 Å². The van der Waals surface area contributed by atoms with E-state index in [2.05, 4.69) is 31.0 Å². The Labute approximate surface area is 128 Å². The Kier molecular flexibility index (Phi) is 4.87. The number of benzene rings is 1. The van der Waals surface area contributed by atoms with Crippen molar-refractivity contribution in [3.63, 3.8) is 0 Å². The minimum absolute atomic E-state index is 0.147. The molecule has 2 aromatic rings. The smallest absolute Gasteiger partial charge is 0.406 e. The van der Waals surface area contributed by atoms with Gasteiger partial charge < -0.3 is 4.74 Å². The molecular weight excluding hydrogens is 351 g/mol. The fourth-order valence-corrected chi connectivity index (χ4v) is 1.94. The molecule has 4 nitrogen and oxygen atoms in total. The van der Waals surface area contributed by atoms with E-state index >= 15 is 0 Å². The van der Waals surface area contributed by atoms with Crippen LogP contribution in [0.25, 0.3) is 0 Å². The summed E-state index contributed by atoms with van der Waals surface area (Å²) in [6, 6.07) is 5.68. The first-order valence-corrected chi connectivity index (χ1v) is 7.17. The van der Waals surface area contributed by atoms with Gasteiger partial charge in [-0.05, 0) is 24.1 Å². The lowest BCUT2D eigenvalue weighted by Gasteiger charge is -2.09. The van der Waals surface area contributed by atoms with Crippen molar-refractivity contribution in [3.8, 4) is 5.75 Å². The lowest BCUT2D eigenvalue weighted by atomic mass is 10.2. The summed E-state index contributed by atoms with van der Waals surface area (Å²) in [5.74, 6) is -0.239.